The normalized spacial score (nSPS) is 24.4. The van der Waals surface area contributed by atoms with Gasteiger partial charge < -0.3 is 10.4 Å². The zero-order valence-electron chi connectivity index (χ0n) is 12.3. The zero-order valence-corrected chi connectivity index (χ0v) is 12.3. The van der Waals surface area contributed by atoms with Crippen LogP contribution in [0, 0.1) is 23.7 Å². The maximum Gasteiger partial charge on any atom is 0.303 e. The Labute approximate surface area is 116 Å². The van der Waals surface area contributed by atoms with E-state index < -0.39 is 5.97 Å². The van der Waals surface area contributed by atoms with Crippen LogP contribution < -0.4 is 5.32 Å². The number of hydrogen-bond donors (Lipinski definition) is 2. The van der Waals surface area contributed by atoms with Crippen molar-refractivity contribution in [1.82, 2.24) is 5.32 Å². The summed E-state index contributed by atoms with van der Waals surface area (Å²) in [6.07, 6.45) is 4.21. The molecule has 1 aliphatic rings. The monoisotopic (exact) mass is 269 g/mol. The summed E-state index contributed by atoms with van der Waals surface area (Å²) in [6, 6.07) is 0. The molecule has 110 valence electrons. The van der Waals surface area contributed by atoms with Crippen LogP contribution in [-0.2, 0) is 9.59 Å². The van der Waals surface area contributed by atoms with Gasteiger partial charge in [0.2, 0.25) is 5.91 Å². The highest BCUT2D eigenvalue weighted by molar-refractivity contribution is 5.79. The molecule has 0 bridgehead atoms. The molecule has 1 amide bonds. The highest BCUT2D eigenvalue weighted by atomic mass is 16.4. The van der Waals surface area contributed by atoms with E-state index in [4.69, 9.17) is 5.11 Å². The lowest BCUT2D eigenvalue weighted by molar-refractivity contribution is -0.138. The number of carbonyl (C=O) groups is 2. The van der Waals surface area contributed by atoms with Gasteiger partial charge in [0.1, 0.15) is 0 Å². The zero-order chi connectivity index (χ0) is 14.4. The highest BCUT2D eigenvalue weighted by Crippen LogP contribution is 2.31. The van der Waals surface area contributed by atoms with Crippen molar-refractivity contribution in [1.29, 1.82) is 0 Å². The van der Waals surface area contributed by atoms with Crippen LogP contribution >= 0.6 is 0 Å². The second-order valence-electron chi connectivity index (χ2n) is 6.35. The van der Waals surface area contributed by atoms with E-state index in [-0.39, 0.29) is 24.2 Å². The van der Waals surface area contributed by atoms with Gasteiger partial charge in [-0.2, -0.15) is 0 Å². The predicted octanol–water partition coefficient (Wildman–Crippen LogP) is 2.68. The Morgan fingerprint density at radius 3 is 2.47 bits per heavy atom. The molecule has 19 heavy (non-hydrogen) atoms. The molecule has 0 aromatic carbocycles. The standard InChI is InChI=1S/C15H27NO3/c1-10(2)7-12(8-14(17)18)9-16-15(19)13-6-4-5-11(13)3/h10-13H,4-9H2,1-3H3,(H,16,19)(H,17,18). The van der Waals surface area contributed by atoms with Gasteiger partial charge in [0.15, 0.2) is 0 Å². The van der Waals surface area contributed by atoms with Crippen LogP contribution in [0.1, 0.15) is 52.9 Å². The van der Waals surface area contributed by atoms with Crippen LogP contribution in [0.5, 0.6) is 0 Å². The molecule has 0 aromatic heterocycles. The van der Waals surface area contributed by atoms with E-state index in [0.717, 1.165) is 25.7 Å². The summed E-state index contributed by atoms with van der Waals surface area (Å²) in [5.41, 5.74) is 0. The molecule has 0 radical (unpaired) electrons. The lowest BCUT2D eigenvalue weighted by atomic mass is 9.93. The van der Waals surface area contributed by atoms with Gasteiger partial charge in [0.05, 0.1) is 0 Å². The van der Waals surface area contributed by atoms with E-state index in [9.17, 15) is 9.59 Å². The summed E-state index contributed by atoms with van der Waals surface area (Å²) >= 11 is 0. The molecule has 0 saturated heterocycles. The van der Waals surface area contributed by atoms with Crippen molar-refractivity contribution >= 4 is 11.9 Å². The van der Waals surface area contributed by atoms with Gasteiger partial charge >= 0.3 is 5.97 Å². The lowest BCUT2D eigenvalue weighted by Gasteiger charge is -2.20. The molecular formula is C15H27NO3. The predicted molar refractivity (Wildman–Crippen MR) is 74.7 cm³/mol. The molecule has 1 saturated carbocycles. The van der Waals surface area contributed by atoms with Crippen LogP contribution in [-0.4, -0.2) is 23.5 Å². The molecule has 0 spiro atoms. The molecule has 3 unspecified atom stereocenters. The maximum atomic E-state index is 12.1. The number of carboxylic acid groups (broad SMARTS) is 1. The van der Waals surface area contributed by atoms with E-state index in [1.165, 1.54) is 0 Å². The second-order valence-corrected chi connectivity index (χ2v) is 6.35. The van der Waals surface area contributed by atoms with E-state index >= 15 is 0 Å². The molecule has 0 aromatic rings. The van der Waals surface area contributed by atoms with Gasteiger partial charge in [0.25, 0.3) is 0 Å². The number of carboxylic acids is 1. The molecule has 1 fully saturated rings. The Bertz CT molecular complexity index is 315. The van der Waals surface area contributed by atoms with Gasteiger partial charge in [-0.05, 0) is 37.0 Å². The first-order valence-corrected chi connectivity index (χ1v) is 7.39. The van der Waals surface area contributed by atoms with Crippen LogP contribution in [0.2, 0.25) is 0 Å². The minimum atomic E-state index is -0.783. The van der Waals surface area contributed by atoms with Crippen molar-refractivity contribution in [2.45, 2.75) is 52.9 Å². The van der Waals surface area contributed by atoms with Crippen molar-refractivity contribution in [3.63, 3.8) is 0 Å². The lowest BCUT2D eigenvalue weighted by Crippen LogP contribution is -2.36. The fourth-order valence-electron chi connectivity index (χ4n) is 3.06. The van der Waals surface area contributed by atoms with Gasteiger partial charge in [0, 0.05) is 18.9 Å². The van der Waals surface area contributed by atoms with Gasteiger partial charge in [-0.3, -0.25) is 9.59 Å². The molecule has 4 heteroatoms. The first-order chi connectivity index (χ1) is 8.90. The first-order valence-electron chi connectivity index (χ1n) is 7.39. The number of amides is 1. The van der Waals surface area contributed by atoms with Crippen molar-refractivity contribution in [2.24, 2.45) is 23.7 Å². The number of hydrogen-bond acceptors (Lipinski definition) is 2. The topological polar surface area (TPSA) is 66.4 Å². The smallest absolute Gasteiger partial charge is 0.303 e. The van der Waals surface area contributed by atoms with Crippen molar-refractivity contribution in [3.8, 4) is 0 Å². The Balaban J connectivity index is 2.41. The number of nitrogens with one attached hydrogen (secondary N) is 1. The fourth-order valence-corrected chi connectivity index (χ4v) is 3.06. The summed E-state index contributed by atoms with van der Waals surface area (Å²) in [5.74, 6) is 0.413. The average molecular weight is 269 g/mol. The summed E-state index contributed by atoms with van der Waals surface area (Å²) in [6.45, 7) is 6.78. The third-order valence-electron chi connectivity index (χ3n) is 4.03. The molecule has 1 rings (SSSR count). The van der Waals surface area contributed by atoms with E-state index in [2.05, 4.69) is 26.1 Å². The Hall–Kier alpha value is -1.06. The quantitative estimate of drug-likeness (QED) is 0.746. The molecule has 1 aliphatic carbocycles. The van der Waals surface area contributed by atoms with E-state index in [0.29, 0.717) is 18.4 Å². The van der Waals surface area contributed by atoms with Crippen LogP contribution in [0.25, 0.3) is 0 Å². The summed E-state index contributed by atoms with van der Waals surface area (Å²) < 4.78 is 0. The molecule has 0 heterocycles. The van der Waals surface area contributed by atoms with Crippen molar-refractivity contribution in [2.75, 3.05) is 6.54 Å². The third-order valence-corrected chi connectivity index (χ3v) is 4.03. The van der Waals surface area contributed by atoms with Crippen molar-refractivity contribution in [3.05, 3.63) is 0 Å². The average Bonchev–Trinajstić information content (AvgIpc) is 2.70. The Morgan fingerprint density at radius 1 is 1.32 bits per heavy atom. The van der Waals surface area contributed by atoms with E-state index in [1.54, 1.807) is 0 Å². The summed E-state index contributed by atoms with van der Waals surface area (Å²) in [4.78, 5) is 22.9. The molecule has 0 aliphatic heterocycles. The highest BCUT2D eigenvalue weighted by Gasteiger charge is 2.29. The number of carbonyl (C=O) groups excluding carboxylic acids is 1. The van der Waals surface area contributed by atoms with E-state index in [1.807, 2.05) is 0 Å². The van der Waals surface area contributed by atoms with Gasteiger partial charge in [-0.25, -0.2) is 0 Å². The Morgan fingerprint density at radius 2 is 2.00 bits per heavy atom. The minimum Gasteiger partial charge on any atom is -0.481 e. The molecule has 2 N–H and O–H groups in total. The SMILES string of the molecule is CC(C)CC(CNC(=O)C1CCCC1C)CC(=O)O. The minimum absolute atomic E-state index is 0.0400. The van der Waals surface area contributed by atoms with Crippen molar-refractivity contribution < 1.29 is 14.7 Å². The van der Waals surface area contributed by atoms with Gasteiger partial charge in [-0.1, -0.05) is 27.2 Å². The first kappa shape index (κ1) is 16.0. The largest absolute Gasteiger partial charge is 0.481 e. The van der Waals surface area contributed by atoms with Gasteiger partial charge in [-0.15, -0.1) is 0 Å². The molecule has 4 nitrogen and oxygen atoms in total. The summed E-state index contributed by atoms with van der Waals surface area (Å²) in [5, 5.41) is 11.9. The maximum absolute atomic E-state index is 12.1. The van der Waals surface area contributed by atoms with Crippen LogP contribution in [0.4, 0.5) is 0 Å². The molecule has 3 atom stereocenters. The fraction of sp³-hybridized carbons (Fsp3) is 0.867. The van der Waals surface area contributed by atoms with Crippen LogP contribution in [0.3, 0.4) is 0 Å². The second kappa shape index (κ2) is 7.51. The summed E-state index contributed by atoms with van der Waals surface area (Å²) in [7, 11) is 0. The molecular weight excluding hydrogens is 242 g/mol. The number of rotatable bonds is 7. The van der Waals surface area contributed by atoms with Crippen LogP contribution in [0.15, 0.2) is 0 Å². The third kappa shape index (κ3) is 5.62. The Kier molecular flexibility index (Phi) is 6.32. The number of aliphatic carboxylic acids is 1.